The molecule has 0 radical (unpaired) electrons. The van der Waals surface area contributed by atoms with Gasteiger partial charge in [0.25, 0.3) is 12.0 Å². The molecule has 7 heteroatoms. The third kappa shape index (κ3) is 3.86. The first-order valence-electron chi connectivity index (χ1n) is 8.89. The van der Waals surface area contributed by atoms with Gasteiger partial charge in [0.1, 0.15) is 17.2 Å². The lowest BCUT2D eigenvalue weighted by molar-refractivity contribution is 0.354. The van der Waals surface area contributed by atoms with E-state index in [1.54, 1.807) is 36.6 Å². The number of halogens is 2. The summed E-state index contributed by atoms with van der Waals surface area (Å²) in [5.74, 6) is 0.686. The zero-order chi connectivity index (χ0) is 21.1. The zero-order valence-electron chi connectivity index (χ0n) is 15.7. The molecule has 0 unspecified atom stereocenters. The van der Waals surface area contributed by atoms with Crippen LogP contribution in [0.2, 0.25) is 0 Å². The Kier molecular flexibility index (Phi) is 5.17. The molecule has 0 aromatic carbocycles. The van der Waals surface area contributed by atoms with E-state index in [2.05, 4.69) is 28.3 Å². The van der Waals surface area contributed by atoms with Gasteiger partial charge in [0.15, 0.2) is 0 Å². The average molecular weight is 403 g/mol. The highest BCUT2D eigenvalue weighted by molar-refractivity contribution is 5.79. The van der Waals surface area contributed by atoms with E-state index in [4.69, 9.17) is 8.83 Å². The first-order valence-corrected chi connectivity index (χ1v) is 8.89. The summed E-state index contributed by atoms with van der Waals surface area (Å²) in [6, 6.07) is 4.73. The molecule has 0 fully saturated rings. The highest BCUT2D eigenvalue weighted by atomic mass is 19.1. The summed E-state index contributed by atoms with van der Waals surface area (Å²) in [6.07, 6.45) is 11.2. The van der Waals surface area contributed by atoms with Crippen molar-refractivity contribution >= 4 is 36.5 Å². The second-order valence-electron chi connectivity index (χ2n) is 6.22. The Morgan fingerprint density at radius 3 is 2.07 bits per heavy atom. The molecular formula is C23H15F2N3O2. The summed E-state index contributed by atoms with van der Waals surface area (Å²) in [6.45, 7) is 7.26. The summed E-state index contributed by atoms with van der Waals surface area (Å²) in [5.41, 5.74) is 3.61. The maximum Gasteiger partial charge on any atom is 0.278 e. The maximum absolute atomic E-state index is 13.3. The fourth-order valence-electron chi connectivity index (χ4n) is 2.85. The Morgan fingerprint density at radius 2 is 1.43 bits per heavy atom. The molecule has 0 N–H and O–H groups in total. The molecule has 0 spiro atoms. The maximum atomic E-state index is 13.3. The van der Waals surface area contributed by atoms with Crippen molar-refractivity contribution in [2.45, 2.75) is 0 Å². The Morgan fingerprint density at radius 1 is 0.800 bits per heavy atom. The molecule has 2 aromatic rings. The van der Waals surface area contributed by atoms with Crippen molar-refractivity contribution in [2.75, 3.05) is 0 Å². The second kappa shape index (κ2) is 8.08. The number of furan rings is 2. The minimum Gasteiger partial charge on any atom is -0.431 e. The molecule has 0 bridgehead atoms. The smallest absolute Gasteiger partial charge is 0.278 e. The van der Waals surface area contributed by atoms with Gasteiger partial charge in [-0.25, -0.2) is 0 Å². The van der Waals surface area contributed by atoms with Crippen molar-refractivity contribution in [3.05, 3.63) is 89.7 Å². The third-order valence-electron chi connectivity index (χ3n) is 4.33. The fraction of sp³-hybridized carbons (Fsp3) is 0. The fourth-order valence-corrected chi connectivity index (χ4v) is 2.85. The summed E-state index contributed by atoms with van der Waals surface area (Å²) in [7, 11) is 0. The van der Waals surface area contributed by atoms with Crippen LogP contribution in [0.3, 0.4) is 0 Å². The van der Waals surface area contributed by atoms with Crippen LogP contribution in [0, 0.1) is 12.0 Å². The van der Waals surface area contributed by atoms with E-state index < -0.39 is 12.0 Å². The van der Waals surface area contributed by atoms with E-state index in [0.717, 1.165) is 5.56 Å². The predicted molar refractivity (Wildman–Crippen MR) is 112 cm³/mol. The van der Waals surface area contributed by atoms with E-state index >= 15 is 0 Å². The van der Waals surface area contributed by atoms with Crippen LogP contribution in [-0.2, 0) is 0 Å². The Labute approximate surface area is 170 Å². The molecule has 4 heterocycles. The van der Waals surface area contributed by atoms with Crippen LogP contribution in [0.5, 0.6) is 0 Å². The van der Waals surface area contributed by atoms with Gasteiger partial charge in [-0.3, -0.25) is 4.98 Å². The number of aromatic nitrogens is 3. The van der Waals surface area contributed by atoms with E-state index in [-0.39, 0.29) is 0 Å². The highest BCUT2D eigenvalue weighted by Gasteiger charge is 2.12. The highest BCUT2D eigenvalue weighted by Crippen LogP contribution is 2.25. The molecular weight excluding hydrogens is 388 g/mol. The van der Waals surface area contributed by atoms with E-state index in [1.165, 1.54) is 24.3 Å². The van der Waals surface area contributed by atoms with E-state index in [1.807, 2.05) is 6.07 Å². The molecule has 2 aliphatic heterocycles. The minimum atomic E-state index is -0.689. The lowest BCUT2D eigenvalue weighted by Gasteiger charge is -1.91. The Hall–Kier alpha value is -4.13. The Balaban J connectivity index is 1.62. The number of rotatable bonds is 6. The molecule has 0 amide bonds. The van der Waals surface area contributed by atoms with Crippen LogP contribution in [0.15, 0.2) is 52.5 Å². The molecule has 5 nitrogen and oxygen atoms in total. The average Bonchev–Trinajstić information content (AvgIpc) is 3.37. The minimum absolute atomic E-state index is 0.337. The number of hydrogen-bond donors (Lipinski definition) is 0. The summed E-state index contributed by atoms with van der Waals surface area (Å²) in [5, 5.41) is 8.24. The normalized spacial score (nSPS) is 11.7. The van der Waals surface area contributed by atoms with Crippen molar-refractivity contribution in [3.8, 4) is 11.3 Å². The van der Waals surface area contributed by atoms with Crippen molar-refractivity contribution < 1.29 is 17.6 Å². The monoisotopic (exact) mass is 403 g/mol. The van der Waals surface area contributed by atoms with Crippen molar-refractivity contribution in [1.82, 2.24) is 15.2 Å². The van der Waals surface area contributed by atoms with E-state index in [0.29, 0.717) is 39.7 Å². The van der Waals surface area contributed by atoms with Gasteiger partial charge >= 0.3 is 0 Å². The van der Waals surface area contributed by atoms with Crippen LogP contribution >= 0.6 is 0 Å². The van der Waals surface area contributed by atoms with E-state index in [9.17, 15) is 8.78 Å². The largest absolute Gasteiger partial charge is 0.431 e. The van der Waals surface area contributed by atoms with Crippen LogP contribution in [0.4, 0.5) is 8.78 Å². The topological polar surface area (TPSA) is 65.0 Å². The van der Waals surface area contributed by atoms with Crippen LogP contribution in [0.1, 0.15) is 34.0 Å². The van der Waals surface area contributed by atoms with Crippen LogP contribution in [-0.4, -0.2) is 15.2 Å². The molecule has 0 saturated heterocycles. The van der Waals surface area contributed by atoms with Gasteiger partial charge < -0.3 is 8.83 Å². The zero-order valence-corrected chi connectivity index (χ0v) is 15.7. The van der Waals surface area contributed by atoms with Crippen LogP contribution in [0.25, 0.3) is 47.7 Å². The van der Waals surface area contributed by atoms with Gasteiger partial charge in [-0.2, -0.15) is 8.78 Å². The first-order chi connectivity index (χ1) is 14.6. The van der Waals surface area contributed by atoms with Crippen molar-refractivity contribution in [2.24, 2.45) is 0 Å². The molecule has 0 saturated carbocycles. The number of fused-ring (bicyclic) bond motifs is 1. The van der Waals surface area contributed by atoms with Gasteiger partial charge in [-0.1, -0.05) is 25.3 Å². The molecule has 148 valence electrons. The van der Waals surface area contributed by atoms with Crippen molar-refractivity contribution in [3.63, 3.8) is 0 Å². The van der Waals surface area contributed by atoms with Gasteiger partial charge in [0.05, 0.1) is 17.6 Å². The third-order valence-corrected chi connectivity index (χ3v) is 4.33. The molecule has 30 heavy (non-hydrogen) atoms. The first kappa shape index (κ1) is 19.2. The summed E-state index contributed by atoms with van der Waals surface area (Å²) < 4.78 is 36.6. The lowest BCUT2D eigenvalue weighted by atomic mass is 10.1. The second-order valence-corrected chi connectivity index (χ2v) is 6.22. The Bertz CT molecular complexity index is 1270. The standard InChI is InChI=1S/C23H15F2N3O2/c1-3-14-11-22(24)29-20(14)9-6-16-5-7-17-18(27-28-19(17)13-26-16)8-10-21-15(4-2)12-23(25)30-21/h3-13H,1-2H2/b9-6+,10-8+. The predicted octanol–water partition coefficient (Wildman–Crippen LogP) is 6.07. The summed E-state index contributed by atoms with van der Waals surface area (Å²) >= 11 is 0. The number of hydrogen-bond acceptors (Lipinski definition) is 5. The SMILES string of the molecule is C=Cc1cc(F)oc1/C=C/c1ccc2c(/C=C/c3oc(F)cc3C=C)nnc-2cn1. The molecule has 0 aliphatic carbocycles. The molecule has 2 aliphatic rings. The number of nitrogens with zero attached hydrogens (tertiary/aromatic N) is 3. The van der Waals surface area contributed by atoms with Gasteiger partial charge in [-0.15, -0.1) is 10.2 Å². The lowest BCUT2D eigenvalue weighted by Crippen LogP contribution is -1.75. The quantitative estimate of drug-likeness (QED) is 0.391. The molecule has 2 aromatic heterocycles. The van der Waals surface area contributed by atoms with Crippen LogP contribution < -0.4 is 0 Å². The van der Waals surface area contributed by atoms with Gasteiger partial charge in [0, 0.05) is 28.8 Å². The van der Waals surface area contributed by atoms with Gasteiger partial charge in [-0.05, 0) is 36.4 Å². The molecule has 0 atom stereocenters. The summed E-state index contributed by atoms with van der Waals surface area (Å²) in [4.78, 5) is 4.35. The molecule has 4 rings (SSSR count). The van der Waals surface area contributed by atoms with Crippen molar-refractivity contribution in [1.29, 1.82) is 0 Å². The van der Waals surface area contributed by atoms with Gasteiger partial charge in [0.2, 0.25) is 0 Å².